The number of nitrogens with zero attached hydrogens (tertiary/aromatic N) is 3. The van der Waals surface area contributed by atoms with Crippen LogP contribution in [-0.2, 0) is 5.41 Å². The molecular formula is C60H42BN3. The Balaban J connectivity index is 0.922. The zero-order chi connectivity index (χ0) is 42.4. The van der Waals surface area contributed by atoms with Crippen LogP contribution in [0.15, 0.2) is 230 Å². The molecule has 11 aromatic rings. The third-order valence-electron chi connectivity index (χ3n) is 14.0. The van der Waals surface area contributed by atoms with Gasteiger partial charge in [-0.15, -0.1) is 0 Å². The van der Waals surface area contributed by atoms with Crippen LogP contribution in [0.25, 0.3) is 83.1 Å². The first-order chi connectivity index (χ1) is 31.6. The Hall–Kier alpha value is -7.95. The lowest BCUT2D eigenvalue weighted by Gasteiger charge is -2.32. The molecule has 3 nitrogen and oxygen atoms in total. The van der Waals surface area contributed by atoms with E-state index in [1.807, 2.05) is 0 Å². The first-order valence-corrected chi connectivity index (χ1v) is 22.4. The molecule has 0 N–H and O–H groups in total. The van der Waals surface area contributed by atoms with Gasteiger partial charge in [0.2, 0.25) is 6.71 Å². The molecule has 1 unspecified atom stereocenters. The van der Waals surface area contributed by atoms with E-state index in [4.69, 9.17) is 4.98 Å². The molecule has 0 saturated heterocycles. The van der Waals surface area contributed by atoms with Gasteiger partial charge in [-0.3, -0.25) is 4.40 Å². The van der Waals surface area contributed by atoms with Gasteiger partial charge in [0, 0.05) is 39.2 Å². The van der Waals surface area contributed by atoms with Gasteiger partial charge in [-0.1, -0.05) is 193 Å². The lowest BCUT2D eigenvalue weighted by atomic mass is 9.37. The van der Waals surface area contributed by atoms with Gasteiger partial charge >= 0.3 is 0 Å². The van der Waals surface area contributed by atoms with E-state index in [-0.39, 0.29) is 12.1 Å². The molecule has 0 bridgehead atoms. The Kier molecular flexibility index (Phi) is 8.20. The number of imidazole rings is 1. The number of hydrogen-bond acceptors (Lipinski definition) is 1. The molecule has 0 fully saturated rings. The summed E-state index contributed by atoms with van der Waals surface area (Å²) in [6.07, 6.45) is 7.98. The van der Waals surface area contributed by atoms with Crippen molar-refractivity contribution >= 4 is 61.4 Å². The molecule has 1 aliphatic heterocycles. The molecule has 4 heteroatoms. The van der Waals surface area contributed by atoms with E-state index >= 15 is 0 Å². The Bertz CT molecular complexity index is 3710. The van der Waals surface area contributed by atoms with Crippen LogP contribution in [0.5, 0.6) is 0 Å². The van der Waals surface area contributed by atoms with Gasteiger partial charge in [0.1, 0.15) is 5.65 Å². The summed E-state index contributed by atoms with van der Waals surface area (Å²) in [6, 6.07) is 75.5. The average molecular weight is 816 g/mol. The molecule has 1 atom stereocenters. The van der Waals surface area contributed by atoms with Gasteiger partial charge < -0.3 is 4.57 Å². The van der Waals surface area contributed by atoms with Crippen LogP contribution in [0.4, 0.5) is 0 Å². The lowest BCUT2D eigenvalue weighted by Crippen LogP contribution is -2.42. The Morgan fingerprint density at radius 3 is 2.14 bits per heavy atom. The summed E-state index contributed by atoms with van der Waals surface area (Å²) >= 11 is 0. The second-order valence-electron chi connectivity index (χ2n) is 17.8. The summed E-state index contributed by atoms with van der Waals surface area (Å²) in [4.78, 5) is 5.24. The molecule has 1 aliphatic carbocycles. The molecule has 0 spiro atoms. The highest BCUT2D eigenvalue weighted by Gasteiger charge is 2.41. The number of benzene rings is 8. The number of allylic oxidation sites excluding steroid dienone is 4. The zero-order valence-corrected chi connectivity index (χ0v) is 35.5. The maximum Gasteiger partial charge on any atom is 0.242 e. The van der Waals surface area contributed by atoms with Gasteiger partial charge in [0.05, 0.1) is 22.4 Å². The summed E-state index contributed by atoms with van der Waals surface area (Å²) in [5.41, 5.74) is 19.5. The topological polar surface area (TPSA) is 22.2 Å². The maximum absolute atomic E-state index is 5.24. The minimum atomic E-state index is -0.217. The van der Waals surface area contributed by atoms with E-state index in [0.717, 1.165) is 34.6 Å². The number of para-hydroxylation sites is 2. The number of hydrogen-bond donors (Lipinski definition) is 0. The first-order valence-electron chi connectivity index (χ1n) is 22.4. The quantitative estimate of drug-likeness (QED) is 0.153. The Morgan fingerprint density at radius 1 is 0.562 bits per heavy atom. The van der Waals surface area contributed by atoms with Crippen LogP contribution in [0.1, 0.15) is 24.5 Å². The molecule has 300 valence electrons. The molecule has 13 rings (SSSR count). The third kappa shape index (κ3) is 5.65. The summed E-state index contributed by atoms with van der Waals surface area (Å²) in [5, 5.41) is 5.02. The van der Waals surface area contributed by atoms with Gasteiger partial charge in [-0.25, -0.2) is 4.98 Å². The highest BCUT2D eigenvalue weighted by Crippen LogP contribution is 2.48. The molecule has 0 saturated carbocycles. The van der Waals surface area contributed by atoms with Crippen molar-refractivity contribution in [1.29, 1.82) is 0 Å². The van der Waals surface area contributed by atoms with E-state index in [1.165, 1.54) is 82.5 Å². The molecule has 3 aromatic heterocycles. The van der Waals surface area contributed by atoms with Crippen molar-refractivity contribution in [2.45, 2.75) is 18.8 Å². The first kappa shape index (κ1) is 36.7. The van der Waals surface area contributed by atoms with Gasteiger partial charge in [-0.05, 0) is 93.6 Å². The highest BCUT2D eigenvalue weighted by molar-refractivity contribution is 6.94. The van der Waals surface area contributed by atoms with Crippen molar-refractivity contribution in [1.82, 2.24) is 14.0 Å². The highest BCUT2D eigenvalue weighted by atomic mass is 15.0. The number of pyridine rings is 1. The van der Waals surface area contributed by atoms with E-state index in [1.54, 1.807) is 0 Å². The van der Waals surface area contributed by atoms with Crippen LogP contribution in [0.3, 0.4) is 0 Å². The van der Waals surface area contributed by atoms with E-state index in [2.05, 4.69) is 240 Å². The van der Waals surface area contributed by atoms with Crippen LogP contribution >= 0.6 is 0 Å². The number of rotatable bonds is 6. The smallest absolute Gasteiger partial charge is 0.242 e. The molecule has 8 aromatic carbocycles. The fourth-order valence-electron chi connectivity index (χ4n) is 11.0. The van der Waals surface area contributed by atoms with Crippen molar-refractivity contribution in [3.8, 4) is 39.3 Å². The normalized spacial score (nSPS) is 15.7. The second kappa shape index (κ2) is 14.3. The van der Waals surface area contributed by atoms with Crippen molar-refractivity contribution < 1.29 is 0 Å². The third-order valence-corrected chi connectivity index (χ3v) is 14.0. The predicted molar refractivity (Wildman–Crippen MR) is 269 cm³/mol. The molecule has 4 heterocycles. The van der Waals surface area contributed by atoms with E-state index in [0.29, 0.717) is 0 Å². The fraction of sp³-hybridized carbons (Fsp3) is 0.0500. The van der Waals surface area contributed by atoms with Crippen LogP contribution in [0.2, 0.25) is 0 Å². The number of fused-ring (bicyclic) bond motifs is 7. The van der Waals surface area contributed by atoms with Gasteiger partial charge in [-0.2, -0.15) is 0 Å². The van der Waals surface area contributed by atoms with Crippen LogP contribution < -0.4 is 10.9 Å². The Morgan fingerprint density at radius 2 is 1.28 bits per heavy atom. The van der Waals surface area contributed by atoms with Crippen molar-refractivity contribution in [3.63, 3.8) is 0 Å². The average Bonchev–Trinajstić information content (AvgIpc) is 4.02. The van der Waals surface area contributed by atoms with E-state index < -0.39 is 0 Å². The van der Waals surface area contributed by atoms with Gasteiger partial charge in [0.25, 0.3) is 0 Å². The number of aromatic nitrogens is 3. The second-order valence-corrected chi connectivity index (χ2v) is 17.8. The standard InChI is InChI=1S/C60H42BN3/c1-60(45-32-33-55-50(38-45)49-21-10-11-24-54(49)64(55)47-19-6-3-7-20-47)35-34-52-51(39-60)57-48(22-14-23-53(57)61(52)46-17-4-2-5-18-46)41-27-29-42(30-28-41)58-59(63-36-13-12-25-56(63)62-58)44-31-26-40-15-8-9-16-43(40)37-44/h2-38H,39H2,1H3. The molecule has 0 amide bonds. The van der Waals surface area contributed by atoms with Crippen LogP contribution in [0, 0.1) is 0 Å². The summed E-state index contributed by atoms with van der Waals surface area (Å²) in [7, 11) is 0. The van der Waals surface area contributed by atoms with Crippen LogP contribution in [-0.4, -0.2) is 20.7 Å². The SMILES string of the molecule is CC1(c2ccc3c(c2)c2ccccc2n3-c2ccccc2)C=CC2=C(C1)c1c(cccc1-c1ccc(-c3nc4ccccn4c3-c3ccc4ccccc4c3)cc1)B2c1ccccc1. The largest absolute Gasteiger partial charge is 0.309 e. The van der Waals surface area contributed by atoms with E-state index in [9.17, 15) is 0 Å². The summed E-state index contributed by atoms with van der Waals surface area (Å²) < 4.78 is 4.63. The molecular weight excluding hydrogens is 773 g/mol. The summed E-state index contributed by atoms with van der Waals surface area (Å²) in [6.45, 7) is 2.60. The zero-order valence-electron chi connectivity index (χ0n) is 35.5. The minimum Gasteiger partial charge on any atom is -0.309 e. The van der Waals surface area contributed by atoms with Crippen molar-refractivity contribution in [3.05, 3.63) is 241 Å². The summed E-state index contributed by atoms with van der Waals surface area (Å²) in [5.74, 6) is 0. The maximum atomic E-state index is 5.24. The molecule has 2 aliphatic rings. The van der Waals surface area contributed by atoms with Crippen molar-refractivity contribution in [2.75, 3.05) is 0 Å². The van der Waals surface area contributed by atoms with Gasteiger partial charge in [0.15, 0.2) is 0 Å². The molecule has 64 heavy (non-hydrogen) atoms. The minimum absolute atomic E-state index is 0.167. The predicted octanol–water partition coefficient (Wildman–Crippen LogP) is 13.4. The van der Waals surface area contributed by atoms with Crippen molar-refractivity contribution in [2.24, 2.45) is 0 Å². The Labute approximate surface area is 373 Å². The fourth-order valence-corrected chi connectivity index (χ4v) is 11.0. The lowest BCUT2D eigenvalue weighted by molar-refractivity contribution is 0.610. The monoisotopic (exact) mass is 815 g/mol. The molecule has 0 radical (unpaired) electrons.